The maximum atomic E-state index is 12.7. The molecule has 0 fully saturated rings. The minimum atomic E-state index is -4.37. The monoisotopic (exact) mass is 384 g/mol. The number of benzene rings is 2. The van der Waals surface area contributed by atoms with Crippen LogP contribution in [0.5, 0.6) is 0 Å². The van der Waals surface area contributed by atoms with Crippen molar-refractivity contribution in [1.82, 2.24) is 19.5 Å². The van der Waals surface area contributed by atoms with E-state index < -0.39 is 11.7 Å². The Morgan fingerprint density at radius 3 is 2.46 bits per heavy atom. The molecule has 2 aromatic heterocycles. The van der Waals surface area contributed by atoms with Gasteiger partial charge in [0, 0.05) is 5.69 Å². The third-order valence-corrected chi connectivity index (χ3v) is 4.22. The highest BCUT2D eigenvalue weighted by molar-refractivity contribution is 5.88. The SMILES string of the molecule is Cc1nc2c(N)cccc2n1-c1cncc(Nc2ccc(C(F)(F)F)cc2)n1. The van der Waals surface area contributed by atoms with E-state index >= 15 is 0 Å². The molecule has 9 heteroatoms. The average Bonchev–Trinajstić information content (AvgIpc) is 2.99. The van der Waals surface area contributed by atoms with E-state index in [1.165, 1.54) is 18.3 Å². The molecular weight excluding hydrogens is 369 g/mol. The van der Waals surface area contributed by atoms with E-state index in [2.05, 4.69) is 20.3 Å². The van der Waals surface area contributed by atoms with Crippen LogP contribution in [0, 0.1) is 6.92 Å². The van der Waals surface area contributed by atoms with E-state index in [-0.39, 0.29) is 0 Å². The van der Waals surface area contributed by atoms with Gasteiger partial charge in [-0.15, -0.1) is 0 Å². The number of alkyl halides is 3. The third-order valence-electron chi connectivity index (χ3n) is 4.22. The molecule has 0 bridgehead atoms. The smallest absolute Gasteiger partial charge is 0.397 e. The van der Waals surface area contributed by atoms with Crippen LogP contribution in [0.25, 0.3) is 16.9 Å². The Morgan fingerprint density at radius 1 is 1.00 bits per heavy atom. The van der Waals surface area contributed by atoms with Crippen LogP contribution in [-0.2, 0) is 6.18 Å². The van der Waals surface area contributed by atoms with E-state index in [0.717, 1.165) is 17.6 Å². The summed E-state index contributed by atoms with van der Waals surface area (Å²) in [4.78, 5) is 13.2. The fourth-order valence-electron chi connectivity index (χ4n) is 2.94. The van der Waals surface area contributed by atoms with Crippen LogP contribution in [0.3, 0.4) is 0 Å². The first kappa shape index (κ1) is 17.8. The van der Waals surface area contributed by atoms with Gasteiger partial charge in [0.05, 0.1) is 29.2 Å². The quantitative estimate of drug-likeness (QED) is 0.510. The van der Waals surface area contributed by atoms with Gasteiger partial charge < -0.3 is 11.1 Å². The van der Waals surface area contributed by atoms with Crippen LogP contribution in [0.4, 0.5) is 30.4 Å². The summed E-state index contributed by atoms with van der Waals surface area (Å²) >= 11 is 0. The Hall–Kier alpha value is -3.62. The predicted molar refractivity (Wildman–Crippen MR) is 101 cm³/mol. The van der Waals surface area contributed by atoms with E-state index in [1.807, 2.05) is 23.6 Å². The second kappa shape index (κ2) is 6.52. The molecule has 6 nitrogen and oxygen atoms in total. The number of aromatic nitrogens is 4. The van der Waals surface area contributed by atoms with E-state index in [9.17, 15) is 13.2 Å². The Kier molecular flexibility index (Phi) is 4.14. The first-order valence-electron chi connectivity index (χ1n) is 8.33. The summed E-state index contributed by atoms with van der Waals surface area (Å²) in [7, 11) is 0. The van der Waals surface area contributed by atoms with Crippen molar-refractivity contribution < 1.29 is 13.2 Å². The lowest BCUT2D eigenvalue weighted by Crippen LogP contribution is -2.05. The molecule has 142 valence electrons. The van der Waals surface area contributed by atoms with Crippen molar-refractivity contribution in [2.45, 2.75) is 13.1 Å². The van der Waals surface area contributed by atoms with Crippen LogP contribution in [-0.4, -0.2) is 19.5 Å². The van der Waals surface area contributed by atoms with E-state index in [1.54, 1.807) is 12.3 Å². The fourth-order valence-corrected chi connectivity index (χ4v) is 2.94. The summed E-state index contributed by atoms with van der Waals surface area (Å²) in [5.41, 5.74) is 7.76. The van der Waals surface area contributed by atoms with Gasteiger partial charge in [0.1, 0.15) is 11.3 Å². The Bertz CT molecular complexity index is 1150. The fraction of sp³-hybridized carbons (Fsp3) is 0.105. The van der Waals surface area contributed by atoms with Crippen LogP contribution in [0.2, 0.25) is 0 Å². The third kappa shape index (κ3) is 3.22. The number of rotatable bonds is 3. The first-order valence-corrected chi connectivity index (χ1v) is 8.33. The largest absolute Gasteiger partial charge is 0.416 e. The zero-order valence-corrected chi connectivity index (χ0v) is 14.7. The van der Waals surface area contributed by atoms with Crippen molar-refractivity contribution >= 4 is 28.2 Å². The molecule has 2 aromatic carbocycles. The van der Waals surface area contributed by atoms with Gasteiger partial charge in [-0.05, 0) is 43.3 Å². The van der Waals surface area contributed by atoms with Crippen LogP contribution in [0.15, 0.2) is 54.9 Å². The summed E-state index contributed by atoms with van der Waals surface area (Å²) in [5.74, 6) is 1.60. The number of nitrogens with two attached hydrogens (primary N) is 1. The summed E-state index contributed by atoms with van der Waals surface area (Å²) in [6.45, 7) is 1.83. The molecule has 3 N–H and O–H groups in total. The maximum Gasteiger partial charge on any atom is 0.416 e. The predicted octanol–water partition coefficient (Wildman–Crippen LogP) is 4.47. The highest BCUT2D eigenvalue weighted by Gasteiger charge is 2.29. The van der Waals surface area contributed by atoms with Gasteiger partial charge >= 0.3 is 6.18 Å². The van der Waals surface area contributed by atoms with Crippen molar-refractivity contribution in [2.24, 2.45) is 0 Å². The molecule has 0 aliphatic carbocycles. The molecule has 4 rings (SSSR count). The lowest BCUT2D eigenvalue weighted by Gasteiger charge is -2.11. The van der Waals surface area contributed by atoms with E-state index in [0.29, 0.717) is 34.4 Å². The number of para-hydroxylation sites is 1. The first-order chi connectivity index (χ1) is 13.3. The highest BCUT2D eigenvalue weighted by atomic mass is 19.4. The lowest BCUT2D eigenvalue weighted by molar-refractivity contribution is -0.137. The minimum absolute atomic E-state index is 0.391. The minimum Gasteiger partial charge on any atom is -0.397 e. The van der Waals surface area contributed by atoms with Gasteiger partial charge in [0.25, 0.3) is 0 Å². The molecule has 0 amide bonds. The zero-order valence-electron chi connectivity index (χ0n) is 14.7. The number of hydrogen-bond acceptors (Lipinski definition) is 5. The van der Waals surface area contributed by atoms with Crippen molar-refractivity contribution in [3.63, 3.8) is 0 Å². The van der Waals surface area contributed by atoms with Crippen molar-refractivity contribution in [1.29, 1.82) is 0 Å². The molecule has 28 heavy (non-hydrogen) atoms. The molecule has 0 unspecified atom stereocenters. The van der Waals surface area contributed by atoms with Crippen LogP contribution >= 0.6 is 0 Å². The number of halogens is 3. The van der Waals surface area contributed by atoms with Gasteiger partial charge in [-0.2, -0.15) is 13.2 Å². The number of fused-ring (bicyclic) bond motifs is 1. The number of nitrogens with zero attached hydrogens (tertiary/aromatic N) is 4. The summed E-state index contributed by atoms with van der Waals surface area (Å²) in [6, 6.07) is 10.2. The van der Waals surface area contributed by atoms with Gasteiger partial charge in [0.2, 0.25) is 0 Å². The maximum absolute atomic E-state index is 12.7. The number of imidazole rings is 1. The number of nitrogen functional groups attached to an aromatic ring is 1. The van der Waals surface area contributed by atoms with Gasteiger partial charge in [-0.1, -0.05) is 6.07 Å². The molecule has 2 heterocycles. The highest BCUT2D eigenvalue weighted by Crippen LogP contribution is 2.30. The number of anilines is 3. The van der Waals surface area contributed by atoms with Crippen molar-refractivity contribution in [3.8, 4) is 5.82 Å². The Labute approximate surface area is 157 Å². The molecule has 0 radical (unpaired) electrons. The topological polar surface area (TPSA) is 81.6 Å². The molecular formula is C19H15F3N6. The average molecular weight is 384 g/mol. The lowest BCUT2D eigenvalue weighted by atomic mass is 10.2. The zero-order chi connectivity index (χ0) is 19.9. The standard InChI is InChI=1S/C19H15F3N6/c1-11-25-18-14(23)3-2-4-15(18)28(11)17-10-24-9-16(27-17)26-13-7-5-12(6-8-13)19(20,21)22/h2-10H,23H2,1H3,(H,26,27). The molecule has 4 aromatic rings. The second-order valence-electron chi connectivity index (χ2n) is 6.17. The normalized spacial score (nSPS) is 11.7. The number of aryl methyl sites for hydroxylation is 1. The van der Waals surface area contributed by atoms with Crippen molar-refractivity contribution in [3.05, 3.63) is 66.2 Å². The Balaban J connectivity index is 1.68. The second-order valence-corrected chi connectivity index (χ2v) is 6.17. The molecule has 0 saturated carbocycles. The van der Waals surface area contributed by atoms with Crippen LogP contribution in [0.1, 0.15) is 11.4 Å². The molecule has 0 atom stereocenters. The molecule has 0 aliphatic heterocycles. The van der Waals surface area contributed by atoms with Crippen molar-refractivity contribution in [2.75, 3.05) is 11.1 Å². The summed E-state index contributed by atoms with van der Waals surface area (Å²) in [6.07, 6.45) is -1.31. The summed E-state index contributed by atoms with van der Waals surface area (Å²) in [5, 5.41) is 2.96. The van der Waals surface area contributed by atoms with Gasteiger partial charge in [-0.25, -0.2) is 9.97 Å². The molecule has 0 aliphatic rings. The number of hydrogen-bond donors (Lipinski definition) is 2. The van der Waals surface area contributed by atoms with Gasteiger partial charge in [0.15, 0.2) is 11.6 Å². The molecule has 0 saturated heterocycles. The Morgan fingerprint density at radius 2 is 1.75 bits per heavy atom. The van der Waals surface area contributed by atoms with Gasteiger partial charge in [-0.3, -0.25) is 9.55 Å². The van der Waals surface area contributed by atoms with Crippen LogP contribution < -0.4 is 11.1 Å². The number of nitrogens with one attached hydrogen (secondary N) is 1. The van der Waals surface area contributed by atoms with E-state index in [4.69, 9.17) is 5.73 Å². The summed E-state index contributed by atoms with van der Waals surface area (Å²) < 4.78 is 39.9. The molecule has 0 spiro atoms.